The van der Waals surface area contributed by atoms with Crippen molar-refractivity contribution in [2.75, 3.05) is 31.2 Å². The van der Waals surface area contributed by atoms with Crippen LogP contribution in [-0.4, -0.2) is 70.4 Å². The first-order chi connectivity index (χ1) is 15.9. The fraction of sp³-hybridized carbons (Fsp3) is 0.619. The molecule has 3 rings (SSSR count). The minimum absolute atomic E-state index is 0.181. The molecule has 2 aromatic heterocycles. The van der Waals surface area contributed by atoms with Gasteiger partial charge in [-0.05, 0) is 26.2 Å². The van der Waals surface area contributed by atoms with E-state index in [-0.39, 0.29) is 37.1 Å². The number of H-pyrrole nitrogens is 1. The van der Waals surface area contributed by atoms with Crippen molar-refractivity contribution in [3.05, 3.63) is 27.2 Å². The Morgan fingerprint density at radius 2 is 2.12 bits per heavy atom. The molecule has 10 nitrogen and oxygen atoms in total. The normalized spacial score (nSPS) is 18.4. The highest BCUT2D eigenvalue weighted by Crippen LogP contribution is 2.30. The molecule has 0 saturated carbocycles. The molecule has 0 aliphatic carbocycles. The van der Waals surface area contributed by atoms with Crippen LogP contribution in [0.25, 0.3) is 0 Å². The number of carbonyl (C=O) groups is 2. The average molecular weight is 500 g/mol. The van der Waals surface area contributed by atoms with Gasteiger partial charge < -0.3 is 29.8 Å². The molecule has 182 valence electrons. The summed E-state index contributed by atoms with van der Waals surface area (Å²) in [6.07, 6.45) is 1.81. The van der Waals surface area contributed by atoms with Crippen LogP contribution in [0.5, 0.6) is 0 Å². The van der Waals surface area contributed by atoms with Crippen molar-refractivity contribution in [2.24, 2.45) is 0 Å². The van der Waals surface area contributed by atoms with Crippen LogP contribution < -0.4 is 10.2 Å². The van der Waals surface area contributed by atoms with Crippen molar-refractivity contribution in [2.45, 2.75) is 58.8 Å². The lowest BCUT2D eigenvalue weighted by molar-refractivity contribution is 0.0204. The number of anilines is 1. The van der Waals surface area contributed by atoms with Gasteiger partial charge in [-0.2, -0.15) is 0 Å². The van der Waals surface area contributed by atoms with E-state index in [0.717, 1.165) is 12.1 Å². The number of esters is 1. The number of ether oxygens (including phenoxy) is 2. The van der Waals surface area contributed by atoms with Crippen LogP contribution >= 0.6 is 22.9 Å². The number of imidazole rings is 1. The molecule has 2 aromatic rings. The van der Waals surface area contributed by atoms with Crippen LogP contribution in [-0.2, 0) is 22.5 Å². The second-order valence-corrected chi connectivity index (χ2v) is 8.92. The van der Waals surface area contributed by atoms with E-state index in [9.17, 15) is 14.7 Å². The second kappa shape index (κ2) is 11.8. The fourth-order valence-electron chi connectivity index (χ4n) is 3.60. The van der Waals surface area contributed by atoms with E-state index in [1.807, 2.05) is 18.7 Å². The Hall–Kier alpha value is -2.21. The monoisotopic (exact) mass is 499 g/mol. The van der Waals surface area contributed by atoms with Crippen LogP contribution in [0.4, 0.5) is 5.13 Å². The standard InChI is InChI=1S/C21H30ClN5O5S/c1-4-9-32-15-10-27(21-25-14(11-28)16(33-21)20(30)31-6-3)8-7-13(15)24-19(29)18-23-12(5-2)17(22)26-18/h13,15,28H,4-11H2,1-3H3,(H,23,26)(H,24,29)/t13-,15+/m1/s1. The number of nitrogens with one attached hydrogen (secondary N) is 2. The van der Waals surface area contributed by atoms with E-state index >= 15 is 0 Å². The van der Waals surface area contributed by atoms with Gasteiger partial charge in [0.05, 0.1) is 36.7 Å². The molecule has 1 saturated heterocycles. The third-order valence-corrected chi connectivity index (χ3v) is 6.73. The summed E-state index contributed by atoms with van der Waals surface area (Å²) in [5.41, 5.74) is 1.02. The Morgan fingerprint density at radius 3 is 2.76 bits per heavy atom. The zero-order chi connectivity index (χ0) is 24.0. The molecule has 0 spiro atoms. The molecule has 0 unspecified atom stereocenters. The fourth-order valence-corrected chi connectivity index (χ4v) is 4.87. The summed E-state index contributed by atoms with van der Waals surface area (Å²) in [6, 6.07) is -0.226. The van der Waals surface area contributed by atoms with E-state index in [1.165, 1.54) is 11.3 Å². The van der Waals surface area contributed by atoms with Crippen LogP contribution in [0.1, 0.15) is 65.3 Å². The number of rotatable bonds is 10. The van der Waals surface area contributed by atoms with Crippen molar-refractivity contribution >= 4 is 39.9 Å². The number of carbonyl (C=O) groups excluding carboxylic acids is 2. The summed E-state index contributed by atoms with van der Waals surface area (Å²) in [5, 5.41) is 13.6. The van der Waals surface area contributed by atoms with Gasteiger partial charge in [-0.1, -0.05) is 36.8 Å². The summed E-state index contributed by atoms with van der Waals surface area (Å²) < 4.78 is 11.1. The van der Waals surface area contributed by atoms with Crippen molar-refractivity contribution in [1.29, 1.82) is 0 Å². The Kier molecular flexibility index (Phi) is 9.07. The number of halogens is 1. The molecular formula is C21H30ClN5O5S. The second-order valence-electron chi connectivity index (χ2n) is 7.58. The predicted molar refractivity (Wildman–Crippen MR) is 125 cm³/mol. The van der Waals surface area contributed by atoms with Crippen molar-refractivity contribution in [3.8, 4) is 0 Å². The molecule has 0 bridgehead atoms. The lowest BCUT2D eigenvalue weighted by Gasteiger charge is -2.38. The van der Waals surface area contributed by atoms with E-state index in [2.05, 4.69) is 20.3 Å². The number of nitrogens with zero attached hydrogens (tertiary/aromatic N) is 3. The number of aromatic nitrogens is 3. The summed E-state index contributed by atoms with van der Waals surface area (Å²) in [5.74, 6) is -0.642. The summed E-state index contributed by atoms with van der Waals surface area (Å²) in [4.78, 5) is 38.8. The zero-order valence-corrected chi connectivity index (χ0v) is 20.6. The smallest absolute Gasteiger partial charge is 0.350 e. The Balaban J connectivity index is 1.73. The Labute approximate surface area is 201 Å². The molecule has 33 heavy (non-hydrogen) atoms. The van der Waals surface area contributed by atoms with Gasteiger partial charge in [-0.25, -0.2) is 14.8 Å². The maximum absolute atomic E-state index is 12.8. The van der Waals surface area contributed by atoms with Crippen molar-refractivity contribution < 1.29 is 24.2 Å². The minimum atomic E-state index is -0.491. The molecule has 3 N–H and O–H groups in total. The lowest BCUT2D eigenvalue weighted by atomic mass is 10.0. The zero-order valence-electron chi connectivity index (χ0n) is 19.0. The molecule has 1 aliphatic rings. The number of aliphatic hydroxyl groups is 1. The number of hydrogen-bond donors (Lipinski definition) is 3. The van der Waals surface area contributed by atoms with E-state index in [0.29, 0.717) is 53.4 Å². The number of aliphatic hydroxyl groups excluding tert-OH is 1. The van der Waals surface area contributed by atoms with Crippen LogP contribution in [0.3, 0.4) is 0 Å². The van der Waals surface area contributed by atoms with Gasteiger partial charge in [0.1, 0.15) is 4.88 Å². The molecule has 0 radical (unpaired) electrons. The molecule has 2 atom stereocenters. The molecule has 1 amide bonds. The van der Waals surface area contributed by atoms with E-state index in [1.54, 1.807) is 6.92 Å². The van der Waals surface area contributed by atoms with Crippen LogP contribution in [0.15, 0.2) is 0 Å². The highest BCUT2D eigenvalue weighted by Gasteiger charge is 2.34. The Bertz CT molecular complexity index is 965. The highest BCUT2D eigenvalue weighted by atomic mass is 35.5. The van der Waals surface area contributed by atoms with Gasteiger partial charge in [-0.15, -0.1) is 0 Å². The number of aryl methyl sites for hydroxylation is 1. The average Bonchev–Trinajstić information content (AvgIpc) is 3.42. The summed E-state index contributed by atoms with van der Waals surface area (Å²) in [6.45, 7) is 7.19. The molecule has 0 aromatic carbocycles. The Morgan fingerprint density at radius 1 is 1.33 bits per heavy atom. The number of hydrogen-bond acceptors (Lipinski definition) is 9. The van der Waals surface area contributed by atoms with Crippen molar-refractivity contribution in [1.82, 2.24) is 20.3 Å². The van der Waals surface area contributed by atoms with E-state index < -0.39 is 5.97 Å². The number of thiazole rings is 1. The first kappa shape index (κ1) is 25.4. The number of aromatic amines is 1. The SMILES string of the molecule is CCCO[C@H]1CN(c2nc(CO)c(C(=O)OCC)s2)CC[C@H]1NC(=O)c1nc(Cl)c(CC)[nH]1. The van der Waals surface area contributed by atoms with Crippen LogP contribution in [0, 0.1) is 0 Å². The molecule has 12 heteroatoms. The highest BCUT2D eigenvalue weighted by molar-refractivity contribution is 7.17. The molecule has 3 heterocycles. The van der Waals surface area contributed by atoms with E-state index in [4.69, 9.17) is 21.1 Å². The maximum atomic E-state index is 12.8. The maximum Gasteiger partial charge on any atom is 0.350 e. The van der Waals surface area contributed by atoms with Gasteiger partial charge in [-0.3, -0.25) is 4.79 Å². The minimum Gasteiger partial charge on any atom is -0.462 e. The lowest BCUT2D eigenvalue weighted by Crippen LogP contribution is -2.55. The first-order valence-electron chi connectivity index (χ1n) is 11.1. The third kappa shape index (κ3) is 6.03. The molecule has 1 fully saturated rings. The topological polar surface area (TPSA) is 130 Å². The van der Waals surface area contributed by atoms with Gasteiger partial charge in [0.25, 0.3) is 5.91 Å². The van der Waals surface area contributed by atoms with Gasteiger partial charge >= 0.3 is 5.97 Å². The third-order valence-electron chi connectivity index (χ3n) is 5.28. The van der Waals surface area contributed by atoms with Gasteiger partial charge in [0, 0.05) is 19.7 Å². The largest absolute Gasteiger partial charge is 0.462 e. The number of piperidine rings is 1. The van der Waals surface area contributed by atoms with Crippen LogP contribution in [0.2, 0.25) is 5.15 Å². The van der Waals surface area contributed by atoms with Crippen molar-refractivity contribution in [3.63, 3.8) is 0 Å². The molecule has 1 aliphatic heterocycles. The molecular weight excluding hydrogens is 470 g/mol. The predicted octanol–water partition coefficient (Wildman–Crippen LogP) is 2.55. The first-order valence-corrected chi connectivity index (χ1v) is 12.3. The van der Waals surface area contributed by atoms with Gasteiger partial charge in [0.15, 0.2) is 16.1 Å². The summed E-state index contributed by atoms with van der Waals surface area (Å²) >= 11 is 7.27. The van der Waals surface area contributed by atoms with Gasteiger partial charge in [0.2, 0.25) is 0 Å². The summed E-state index contributed by atoms with van der Waals surface area (Å²) in [7, 11) is 0. The quantitative estimate of drug-likeness (QED) is 0.425. The number of amides is 1.